The van der Waals surface area contributed by atoms with Crippen LogP contribution < -0.4 is 4.90 Å². The third-order valence-corrected chi connectivity index (χ3v) is 4.26. The van der Waals surface area contributed by atoms with Gasteiger partial charge in [0, 0.05) is 6.04 Å². The third-order valence-electron chi connectivity index (χ3n) is 4.26. The Bertz CT molecular complexity index is 547. The molecule has 21 heavy (non-hydrogen) atoms. The summed E-state index contributed by atoms with van der Waals surface area (Å²) >= 11 is 0. The lowest BCUT2D eigenvalue weighted by Gasteiger charge is -2.21. The fourth-order valence-corrected chi connectivity index (χ4v) is 3.01. The molecule has 1 aromatic rings. The monoisotopic (exact) mass is 291 g/mol. The molecule has 1 aliphatic heterocycles. The van der Waals surface area contributed by atoms with E-state index in [0.717, 1.165) is 17.7 Å². The second kappa shape index (κ2) is 5.46. The Hall–Kier alpha value is -1.92. The van der Waals surface area contributed by atoms with Crippen molar-refractivity contribution in [3.8, 4) is 0 Å². The number of hydrogen-bond donors (Lipinski definition) is 0. The van der Waals surface area contributed by atoms with E-state index in [-0.39, 0.29) is 30.5 Å². The smallest absolute Gasteiger partial charge is 0.312 e. The zero-order valence-corrected chi connectivity index (χ0v) is 12.5. The van der Waals surface area contributed by atoms with Gasteiger partial charge < -0.3 is 4.90 Å². The molecule has 7 heteroatoms. The molecule has 7 nitrogen and oxygen atoms in total. The molecule has 0 radical (unpaired) electrons. The summed E-state index contributed by atoms with van der Waals surface area (Å²) in [5, 5.41) is 4.37. The van der Waals surface area contributed by atoms with Crippen LogP contribution in [0.5, 0.6) is 0 Å². The fraction of sp³-hybridized carbons (Fsp3) is 0.714. The summed E-state index contributed by atoms with van der Waals surface area (Å²) in [5.41, 5.74) is 0. The lowest BCUT2D eigenvalue weighted by molar-refractivity contribution is -0.116. The molecular formula is C14H21N5O2. The molecule has 0 atom stereocenters. The topological polar surface area (TPSA) is 71.3 Å². The van der Waals surface area contributed by atoms with Gasteiger partial charge in [0.25, 0.3) is 11.9 Å². The highest BCUT2D eigenvalue weighted by Gasteiger charge is 2.40. The van der Waals surface area contributed by atoms with E-state index in [4.69, 9.17) is 0 Å². The van der Waals surface area contributed by atoms with Gasteiger partial charge in [-0.3, -0.25) is 4.79 Å². The van der Waals surface area contributed by atoms with Crippen molar-refractivity contribution >= 4 is 17.9 Å². The summed E-state index contributed by atoms with van der Waals surface area (Å²) in [4.78, 5) is 31.2. The Balaban J connectivity index is 1.79. The molecule has 114 valence electrons. The molecule has 0 aromatic carbocycles. The molecule has 0 spiro atoms. The number of rotatable bonds is 3. The molecule has 3 rings (SSSR count). The van der Waals surface area contributed by atoms with E-state index in [9.17, 15) is 9.59 Å². The van der Waals surface area contributed by atoms with Gasteiger partial charge in [-0.2, -0.15) is 9.88 Å². The summed E-state index contributed by atoms with van der Waals surface area (Å²) in [5.74, 6) is -0.0474. The minimum Gasteiger partial charge on any atom is -0.312 e. The van der Waals surface area contributed by atoms with Gasteiger partial charge in [0.2, 0.25) is 0 Å². The van der Waals surface area contributed by atoms with E-state index >= 15 is 0 Å². The lowest BCUT2D eigenvalue weighted by atomic mass is 9.96. The third kappa shape index (κ3) is 2.52. The van der Waals surface area contributed by atoms with Gasteiger partial charge in [-0.15, -0.1) is 5.10 Å². The minimum atomic E-state index is -0.323. The average molecular weight is 291 g/mol. The highest BCUT2D eigenvalue weighted by Crippen LogP contribution is 2.28. The Morgan fingerprint density at radius 3 is 2.52 bits per heavy atom. The number of hydrogen-bond acceptors (Lipinski definition) is 4. The van der Waals surface area contributed by atoms with E-state index in [2.05, 4.69) is 10.1 Å². The summed E-state index contributed by atoms with van der Waals surface area (Å²) in [6.07, 6.45) is 7.48. The molecule has 1 saturated heterocycles. The maximum Gasteiger partial charge on any atom is 0.334 e. The Morgan fingerprint density at radius 1 is 1.19 bits per heavy atom. The van der Waals surface area contributed by atoms with Crippen LogP contribution in [0, 0.1) is 0 Å². The number of amides is 3. The number of carbonyl (C=O) groups is 2. The molecule has 1 saturated carbocycles. The number of carbonyl (C=O) groups excluding carboxylic acids is 2. The number of imide groups is 1. The van der Waals surface area contributed by atoms with Gasteiger partial charge in [0.15, 0.2) is 0 Å². The van der Waals surface area contributed by atoms with Crippen molar-refractivity contribution in [2.45, 2.75) is 58.0 Å². The predicted octanol–water partition coefficient (Wildman–Crippen LogP) is 1.96. The first kappa shape index (κ1) is 14.0. The van der Waals surface area contributed by atoms with Crippen LogP contribution in [-0.4, -0.2) is 44.2 Å². The standard InChI is InChI=1S/C14H21N5O2/c1-10(2)17-8-12(20)19(14(17)21)13-15-9-18(16-13)11-6-4-3-5-7-11/h9-11H,3-8H2,1-2H3. The maximum absolute atomic E-state index is 12.3. The van der Waals surface area contributed by atoms with Crippen molar-refractivity contribution in [1.82, 2.24) is 19.7 Å². The van der Waals surface area contributed by atoms with Crippen LogP contribution in [-0.2, 0) is 4.79 Å². The summed E-state index contributed by atoms with van der Waals surface area (Å²) in [6.45, 7) is 3.89. The van der Waals surface area contributed by atoms with E-state index in [1.807, 2.05) is 18.5 Å². The first-order valence-electron chi connectivity index (χ1n) is 7.62. The predicted molar refractivity (Wildman–Crippen MR) is 76.9 cm³/mol. The number of aromatic nitrogens is 3. The molecule has 1 aliphatic carbocycles. The van der Waals surface area contributed by atoms with Crippen molar-refractivity contribution in [2.75, 3.05) is 11.4 Å². The molecular weight excluding hydrogens is 270 g/mol. The van der Waals surface area contributed by atoms with Gasteiger partial charge in [-0.1, -0.05) is 19.3 Å². The van der Waals surface area contributed by atoms with E-state index < -0.39 is 0 Å². The summed E-state index contributed by atoms with van der Waals surface area (Å²) in [6, 6.07) is 0.0114. The van der Waals surface area contributed by atoms with Crippen LogP contribution in [0.4, 0.5) is 10.7 Å². The maximum atomic E-state index is 12.3. The van der Waals surface area contributed by atoms with Gasteiger partial charge in [-0.05, 0) is 26.7 Å². The first-order valence-corrected chi connectivity index (χ1v) is 7.62. The Morgan fingerprint density at radius 2 is 1.90 bits per heavy atom. The van der Waals surface area contributed by atoms with E-state index in [1.165, 1.54) is 24.2 Å². The molecule has 0 N–H and O–H groups in total. The van der Waals surface area contributed by atoms with Crippen LogP contribution in [0.25, 0.3) is 0 Å². The lowest BCUT2D eigenvalue weighted by Crippen LogP contribution is -2.37. The van der Waals surface area contributed by atoms with Crippen LogP contribution in [0.1, 0.15) is 52.0 Å². The summed E-state index contributed by atoms with van der Waals surface area (Å²) in [7, 11) is 0. The van der Waals surface area contributed by atoms with Gasteiger partial charge in [0.05, 0.1) is 6.04 Å². The van der Waals surface area contributed by atoms with Crippen molar-refractivity contribution in [1.29, 1.82) is 0 Å². The van der Waals surface area contributed by atoms with Crippen molar-refractivity contribution < 1.29 is 9.59 Å². The SMILES string of the molecule is CC(C)N1CC(=O)N(c2ncn(C3CCCCC3)n2)C1=O. The molecule has 1 aromatic heterocycles. The summed E-state index contributed by atoms with van der Waals surface area (Å²) < 4.78 is 1.81. The Labute approximate surface area is 123 Å². The number of nitrogens with zero attached hydrogens (tertiary/aromatic N) is 5. The number of urea groups is 1. The largest absolute Gasteiger partial charge is 0.334 e. The van der Waals surface area contributed by atoms with Crippen molar-refractivity contribution in [3.05, 3.63) is 6.33 Å². The molecule has 0 bridgehead atoms. The zero-order chi connectivity index (χ0) is 15.0. The molecule has 2 heterocycles. The van der Waals surface area contributed by atoms with Crippen molar-refractivity contribution in [3.63, 3.8) is 0 Å². The van der Waals surface area contributed by atoms with Crippen LogP contribution in [0.2, 0.25) is 0 Å². The molecule has 0 unspecified atom stereocenters. The molecule has 2 fully saturated rings. The highest BCUT2D eigenvalue weighted by atomic mass is 16.2. The van der Waals surface area contributed by atoms with Gasteiger partial charge in [-0.25, -0.2) is 9.48 Å². The van der Waals surface area contributed by atoms with E-state index in [1.54, 1.807) is 6.33 Å². The fourth-order valence-electron chi connectivity index (χ4n) is 3.01. The minimum absolute atomic E-state index is 0.00752. The van der Waals surface area contributed by atoms with Crippen molar-refractivity contribution in [2.24, 2.45) is 0 Å². The molecule has 3 amide bonds. The van der Waals surface area contributed by atoms with E-state index in [0.29, 0.717) is 6.04 Å². The average Bonchev–Trinajstić information content (AvgIpc) is 3.05. The zero-order valence-electron chi connectivity index (χ0n) is 12.5. The molecule has 2 aliphatic rings. The van der Waals surface area contributed by atoms with Crippen LogP contribution >= 0.6 is 0 Å². The highest BCUT2D eigenvalue weighted by molar-refractivity contribution is 6.18. The van der Waals surface area contributed by atoms with Crippen LogP contribution in [0.15, 0.2) is 6.33 Å². The second-order valence-corrected chi connectivity index (χ2v) is 6.05. The first-order chi connectivity index (χ1) is 10.1. The number of anilines is 1. The quantitative estimate of drug-likeness (QED) is 0.798. The second-order valence-electron chi connectivity index (χ2n) is 6.05. The van der Waals surface area contributed by atoms with Gasteiger partial charge in [0.1, 0.15) is 12.9 Å². The normalized spacial score (nSPS) is 20.9. The Kier molecular flexibility index (Phi) is 3.65. The van der Waals surface area contributed by atoms with Gasteiger partial charge >= 0.3 is 6.03 Å². The van der Waals surface area contributed by atoms with Crippen LogP contribution in [0.3, 0.4) is 0 Å².